The van der Waals surface area contributed by atoms with Gasteiger partial charge in [-0.1, -0.05) is 5.92 Å². The lowest BCUT2D eigenvalue weighted by Gasteiger charge is -2.20. The number of hydrogen-bond donors (Lipinski definition) is 2. The van der Waals surface area contributed by atoms with Crippen molar-refractivity contribution in [3.8, 4) is 18.4 Å². The van der Waals surface area contributed by atoms with E-state index in [0.29, 0.717) is 0 Å². The molecule has 1 amide bonds. The molecule has 1 unspecified atom stereocenters. The van der Waals surface area contributed by atoms with Gasteiger partial charge >= 0.3 is 0 Å². The first-order chi connectivity index (χ1) is 10.5. The molecule has 0 aliphatic rings. The van der Waals surface area contributed by atoms with Crippen molar-refractivity contribution in [1.82, 2.24) is 19.7 Å². The topological polar surface area (TPSA) is 117 Å². The fraction of sp³-hybridized carbons (Fsp3) is 0.154. The van der Waals surface area contributed by atoms with Crippen LogP contribution in [0, 0.1) is 29.5 Å². The van der Waals surface area contributed by atoms with E-state index in [1.54, 1.807) is 6.07 Å². The van der Waals surface area contributed by atoms with Crippen LogP contribution in [0.25, 0.3) is 0 Å². The van der Waals surface area contributed by atoms with E-state index < -0.39 is 23.9 Å². The highest BCUT2D eigenvalue weighted by Gasteiger charge is 2.35. The van der Waals surface area contributed by atoms with Crippen molar-refractivity contribution in [1.29, 1.82) is 5.26 Å². The van der Waals surface area contributed by atoms with E-state index >= 15 is 0 Å². The maximum atomic E-state index is 12.9. The maximum Gasteiger partial charge on any atom is 0.271 e. The predicted molar refractivity (Wildman–Crippen MR) is 71.3 cm³/mol. The quantitative estimate of drug-likeness (QED) is 0.748. The largest absolute Gasteiger partial charge is 0.368 e. The highest BCUT2D eigenvalue weighted by atomic mass is 19.1. The Kier molecular flexibility index (Phi) is 4.11. The molecule has 1 atom stereocenters. The zero-order chi connectivity index (χ0) is 16.2. The highest BCUT2D eigenvalue weighted by molar-refractivity contribution is 5.99. The summed E-state index contributed by atoms with van der Waals surface area (Å²) in [6.07, 6.45) is 9.48. The van der Waals surface area contributed by atoms with Crippen LogP contribution >= 0.6 is 0 Å². The zero-order valence-corrected chi connectivity index (χ0v) is 11.1. The van der Waals surface area contributed by atoms with E-state index in [2.05, 4.69) is 20.4 Å². The second-order valence-electron chi connectivity index (χ2n) is 4.22. The zero-order valence-electron chi connectivity index (χ0n) is 11.1. The van der Waals surface area contributed by atoms with Gasteiger partial charge in [-0.3, -0.25) is 9.48 Å². The molecule has 9 heteroatoms. The number of amides is 1. The van der Waals surface area contributed by atoms with E-state index in [-0.39, 0.29) is 11.5 Å². The van der Waals surface area contributed by atoms with Crippen LogP contribution in [0.2, 0.25) is 0 Å². The van der Waals surface area contributed by atoms with Crippen LogP contribution in [0.5, 0.6) is 0 Å². The van der Waals surface area contributed by atoms with Gasteiger partial charge in [0, 0.05) is 0 Å². The van der Waals surface area contributed by atoms with E-state index in [1.807, 2.05) is 5.92 Å². The van der Waals surface area contributed by atoms with Gasteiger partial charge in [0.1, 0.15) is 6.07 Å². The normalized spacial score (nSPS) is 12.7. The number of rotatable bonds is 4. The highest BCUT2D eigenvalue weighted by Crippen LogP contribution is 2.12. The first kappa shape index (κ1) is 15.1. The van der Waals surface area contributed by atoms with Crippen LogP contribution in [0.1, 0.15) is 5.82 Å². The van der Waals surface area contributed by atoms with Crippen molar-refractivity contribution in [3.63, 3.8) is 0 Å². The average Bonchev–Trinajstić information content (AvgIpc) is 2.92. The summed E-state index contributed by atoms with van der Waals surface area (Å²) in [5, 5.41) is 24.7. The first-order valence-electron chi connectivity index (χ1n) is 5.88. The third-order valence-corrected chi connectivity index (χ3v) is 2.62. The molecule has 0 fully saturated rings. The number of aromatic nitrogens is 4. The Morgan fingerprint density at radius 2 is 2.18 bits per heavy atom. The summed E-state index contributed by atoms with van der Waals surface area (Å²) in [7, 11) is 0. The monoisotopic (exact) mass is 300 g/mol. The molecular weight excluding hydrogens is 291 g/mol. The number of nitrogens with zero attached hydrogens (tertiary/aromatic N) is 5. The van der Waals surface area contributed by atoms with Crippen LogP contribution in [0.3, 0.4) is 0 Å². The molecule has 0 bridgehead atoms. The number of nitrogens with one attached hydrogen (secondary N) is 1. The summed E-state index contributed by atoms with van der Waals surface area (Å²) in [6, 6.07) is 1.72. The minimum Gasteiger partial charge on any atom is -0.368 e. The predicted octanol–water partition coefficient (Wildman–Crippen LogP) is -0.313. The summed E-state index contributed by atoms with van der Waals surface area (Å²) in [6.45, 7) is -0.434. The SMILES string of the molecule is C#CC(O)(Cn1cc(F)cn1)C(=O)Nc1cnc(C#N)nc1. The third-order valence-electron chi connectivity index (χ3n) is 2.62. The standard InChI is InChI=1S/C13H9FN6O2/c1-2-13(22,8-20-7-9(14)4-18-20)12(21)19-10-5-16-11(3-15)17-6-10/h1,4-7,22H,8H2,(H,19,21). The minimum absolute atomic E-state index is 0.0720. The summed E-state index contributed by atoms with van der Waals surface area (Å²) in [4.78, 5) is 19.4. The first-order valence-corrected chi connectivity index (χ1v) is 5.88. The Morgan fingerprint density at radius 3 is 2.68 bits per heavy atom. The van der Waals surface area contributed by atoms with Crippen molar-refractivity contribution in [2.24, 2.45) is 0 Å². The smallest absolute Gasteiger partial charge is 0.271 e. The van der Waals surface area contributed by atoms with Crippen LogP contribution in [0.4, 0.5) is 10.1 Å². The fourth-order valence-electron chi connectivity index (χ4n) is 1.53. The number of nitriles is 1. The van der Waals surface area contributed by atoms with Gasteiger partial charge in [-0.2, -0.15) is 10.4 Å². The van der Waals surface area contributed by atoms with Gasteiger partial charge in [0.25, 0.3) is 5.91 Å². The minimum atomic E-state index is -2.24. The lowest BCUT2D eigenvalue weighted by atomic mass is 10.0. The molecule has 0 aliphatic carbocycles. The Labute approximate surface area is 124 Å². The van der Waals surface area contributed by atoms with E-state index in [0.717, 1.165) is 17.1 Å². The Balaban J connectivity index is 2.13. The lowest BCUT2D eigenvalue weighted by molar-refractivity contribution is -0.130. The van der Waals surface area contributed by atoms with Crippen LogP contribution in [-0.4, -0.2) is 36.4 Å². The number of halogens is 1. The molecule has 2 heterocycles. The number of hydrogen-bond acceptors (Lipinski definition) is 6. The molecule has 2 aromatic heterocycles. The molecule has 0 saturated heterocycles. The van der Waals surface area contributed by atoms with Gasteiger partial charge in [-0.15, -0.1) is 6.42 Å². The molecule has 2 aromatic rings. The molecule has 0 radical (unpaired) electrons. The third kappa shape index (κ3) is 3.23. The molecule has 110 valence electrons. The number of carbonyl (C=O) groups is 1. The Bertz CT molecular complexity index is 773. The summed E-state index contributed by atoms with van der Waals surface area (Å²) >= 11 is 0. The van der Waals surface area contributed by atoms with Crippen LogP contribution in [0.15, 0.2) is 24.8 Å². The summed E-state index contributed by atoms with van der Waals surface area (Å²) in [5.74, 6) is 0.318. The van der Waals surface area contributed by atoms with Gasteiger partial charge in [0.2, 0.25) is 11.4 Å². The molecular formula is C13H9FN6O2. The molecule has 0 saturated carbocycles. The lowest BCUT2D eigenvalue weighted by Crippen LogP contribution is -2.45. The van der Waals surface area contributed by atoms with Crippen molar-refractivity contribution < 1.29 is 14.3 Å². The van der Waals surface area contributed by atoms with Gasteiger partial charge in [-0.05, 0) is 0 Å². The second kappa shape index (κ2) is 5.99. The summed E-state index contributed by atoms with van der Waals surface area (Å²) < 4.78 is 13.9. The fourth-order valence-corrected chi connectivity index (χ4v) is 1.53. The molecule has 2 rings (SSSR count). The van der Waals surface area contributed by atoms with Crippen LogP contribution in [-0.2, 0) is 11.3 Å². The Morgan fingerprint density at radius 1 is 1.50 bits per heavy atom. The molecule has 0 spiro atoms. The number of aliphatic hydroxyl groups is 1. The second-order valence-corrected chi connectivity index (χ2v) is 4.22. The number of terminal acetylenes is 1. The van der Waals surface area contributed by atoms with Crippen molar-refractivity contribution in [2.75, 3.05) is 5.32 Å². The van der Waals surface area contributed by atoms with E-state index in [1.165, 1.54) is 12.4 Å². The molecule has 0 aromatic carbocycles. The molecule has 0 aliphatic heterocycles. The molecule has 2 N–H and O–H groups in total. The van der Waals surface area contributed by atoms with Gasteiger partial charge in [0.15, 0.2) is 5.82 Å². The van der Waals surface area contributed by atoms with E-state index in [4.69, 9.17) is 11.7 Å². The van der Waals surface area contributed by atoms with Crippen LogP contribution < -0.4 is 5.32 Å². The number of anilines is 1. The summed E-state index contributed by atoms with van der Waals surface area (Å²) in [5.41, 5.74) is -2.10. The van der Waals surface area contributed by atoms with E-state index in [9.17, 15) is 14.3 Å². The molecule has 8 nitrogen and oxygen atoms in total. The van der Waals surface area contributed by atoms with Gasteiger partial charge < -0.3 is 10.4 Å². The average molecular weight is 300 g/mol. The maximum absolute atomic E-state index is 12.9. The van der Waals surface area contributed by atoms with Crippen molar-refractivity contribution in [2.45, 2.75) is 12.1 Å². The van der Waals surface area contributed by atoms with Gasteiger partial charge in [0.05, 0.1) is 37.0 Å². The van der Waals surface area contributed by atoms with Crippen molar-refractivity contribution >= 4 is 11.6 Å². The van der Waals surface area contributed by atoms with Crippen molar-refractivity contribution in [3.05, 3.63) is 36.4 Å². The van der Waals surface area contributed by atoms with Gasteiger partial charge in [-0.25, -0.2) is 14.4 Å². The Hall–Kier alpha value is -3.30. The number of carbonyl (C=O) groups excluding carboxylic acids is 1. The molecule has 22 heavy (non-hydrogen) atoms.